The van der Waals surface area contributed by atoms with Crippen LogP contribution in [0.4, 0.5) is 0 Å². The molecule has 1 aromatic rings. The van der Waals surface area contributed by atoms with Gasteiger partial charge in [-0.1, -0.05) is 65.5 Å². The molecule has 0 aromatic heterocycles. The Balaban J connectivity index is 0. The van der Waals surface area contributed by atoms with Gasteiger partial charge >= 0.3 is 23.9 Å². The summed E-state index contributed by atoms with van der Waals surface area (Å²) < 4.78 is 0. The summed E-state index contributed by atoms with van der Waals surface area (Å²) in [4.78, 5) is 41.0. The minimum Gasteiger partial charge on any atom is -0.481 e. The number of carboxylic acid groups (broad SMARTS) is 4. The Morgan fingerprint density at radius 2 is 0.938 bits per heavy atom. The van der Waals surface area contributed by atoms with Crippen molar-refractivity contribution in [3.8, 4) is 0 Å². The SMILES string of the molecule is CC(C)CCCCC(=O)O.CC(C)CCCCC(=O)O.O=C(O)c1ccccc1C(=O)O. The van der Waals surface area contributed by atoms with Gasteiger partial charge in [0.25, 0.3) is 0 Å². The van der Waals surface area contributed by atoms with E-state index in [2.05, 4.69) is 27.7 Å². The highest BCUT2D eigenvalue weighted by Crippen LogP contribution is 2.09. The largest absolute Gasteiger partial charge is 0.481 e. The fourth-order valence-corrected chi connectivity index (χ4v) is 2.51. The predicted octanol–water partition coefficient (Wildman–Crippen LogP) is 5.66. The van der Waals surface area contributed by atoms with Crippen LogP contribution in [-0.4, -0.2) is 44.3 Å². The standard InChI is InChI=1S/C8H6O4.2C8H16O2/c9-7(10)5-3-1-2-4-6(5)8(11)12;2*1-7(2)5-3-4-6-8(9)10/h1-4H,(H,9,10)(H,11,12);2*7H,3-6H2,1-2H3,(H,9,10). The molecule has 0 aliphatic heterocycles. The van der Waals surface area contributed by atoms with Crippen LogP contribution in [0.25, 0.3) is 0 Å². The smallest absolute Gasteiger partial charge is 0.336 e. The Morgan fingerprint density at radius 3 is 1.16 bits per heavy atom. The van der Waals surface area contributed by atoms with E-state index in [0.29, 0.717) is 24.7 Å². The van der Waals surface area contributed by atoms with Gasteiger partial charge in [-0.3, -0.25) is 9.59 Å². The number of benzene rings is 1. The molecule has 1 rings (SSSR count). The summed E-state index contributed by atoms with van der Waals surface area (Å²) in [7, 11) is 0. The molecule has 0 aliphatic rings. The molecule has 0 aliphatic carbocycles. The first-order valence-electron chi connectivity index (χ1n) is 10.9. The quantitative estimate of drug-likeness (QED) is 0.296. The number of unbranched alkanes of at least 4 members (excludes halogenated alkanes) is 2. The van der Waals surface area contributed by atoms with Crippen LogP contribution < -0.4 is 0 Å². The number of carboxylic acids is 4. The van der Waals surface area contributed by atoms with Crippen LogP contribution in [-0.2, 0) is 9.59 Å². The lowest BCUT2D eigenvalue weighted by Crippen LogP contribution is -2.06. The second-order valence-electron chi connectivity index (χ2n) is 8.22. The summed E-state index contributed by atoms with van der Waals surface area (Å²) in [6.45, 7) is 8.61. The highest BCUT2D eigenvalue weighted by Gasteiger charge is 2.13. The fraction of sp³-hybridized carbons (Fsp3) is 0.583. The van der Waals surface area contributed by atoms with E-state index in [-0.39, 0.29) is 11.1 Å². The lowest BCUT2D eigenvalue weighted by Gasteiger charge is -2.01. The highest BCUT2D eigenvalue weighted by molar-refractivity contribution is 6.01. The van der Waals surface area contributed by atoms with Crippen molar-refractivity contribution in [2.75, 3.05) is 0 Å². The molecule has 4 N–H and O–H groups in total. The van der Waals surface area contributed by atoms with Crippen molar-refractivity contribution in [3.05, 3.63) is 35.4 Å². The summed E-state index contributed by atoms with van der Waals surface area (Å²) in [6, 6.07) is 5.48. The minimum atomic E-state index is -1.23. The zero-order valence-corrected chi connectivity index (χ0v) is 19.5. The van der Waals surface area contributed by atoms with Gasteiger partial charge in [0.05, 0.1) is 11.1 Å². The maximum Gasteiger partial charge on any atom is 0.336 e. The third kappa shape index (κ3) is 20.4. The van der Waals surface area contributed by atoms with Crippen LogP contribution >= 0.6 is 0 Å². The Labute approximate surface area is 190 Å². The van der Waals surface area contributed by atoms with Gasteiger partial charge in [0.2, 0.25) is 0 Å². The van der Waals surface area contributed by atoms with Gasteiger partial charge in [-0.05, 0) is 36.8 Å². The first kappa shape index (κ1) is 31.3. The third-order valence-electron chi connectivity index (χ3n) is 4.23. The highest BCUT2D eigenvalue weighted by atomic mass is 16.4. The van der Waals surface area contributed by atoms with Gasteiger partial charge in [-0.2, -0.15) is 0 Å². The Bertz CT molecular complexity index is 636. The molecule has 32 heavy (non-hydrogen) atoms. The zero-order valence-electron chi connectivity index (χ0n) is 19.5. The van der Waals surface area contributed by atoms with Crippen LogP contribution in [0.3, 0.4) is 0 Å². The van der Waals surface area contributed by atoms with Gasteiger partial charge in [-0.25, -0.2) is 9.59 Å². The van der Waals surface area contributed by atoms with Gasteiger partial charge in [0.1, 0.15) is 0 Å². The van der Waals surface area contributed by atoms with Gasteiger partial charge < -0.3 is 20.4 Å². The second kappa shape index (κ2) is 18.8. The monoisotopic (exact) mass is 454 g/mol. The fourth-order valence-electron chi connectivity index (χ4n) is 2.51. The molecule has 0 saturated carbocycles. The van der Waals surface area contributed by atoms with Crippen molar-refractivity contribution < 1.29 is 39.6 Å². The maximum absolute atomic E-state index is 10.5. The minimum absolute atomic E-state index is 0.190. The molecule has 8 heteroatoms. The van der Waals surface area contributed by atoms with E-state index >= 15 is 0 Å². The van der Waals surface area contributed by atoms with E-state index in [1.165, 1.54) is 24.3 Å². The zero-order chi connectivity index (χ0) is 25.1. The molecule has 0 heterocycles. The van der Waals surface area contributed by atoms with Gasteiger partial charge in [0, 0.05) is 12.8 Å². The molecule has 0 radical (unpaired) electrons. The molecule has 0 unspecified atom stereocenters. The van der Waals surface area contributed by atoms with Crippen molar-refractivity contribution in [2.45, 2.75) is 79.1 Å². The lowest BCUT2D eigenvalue weighted by atomic mass is 10.1. The first-order chi connectivity index (χ1) is 14.9. The topological polar surface area (TPSA) is 149 Å². The number of carbonyl (C=O) groups is 4. The van der Waals surface area contributed by atoms with E-state index in [0.717, 1.165) is 38.5 Å². The molecule has 0 fully saturated rings. The summed E-state index contributed by atoms with van der Waals surface area (Å²) in [5.41, 5.74) is -0.380. The maximum atomic E-state index is 10.5. The van der Waals surface area contributed by atoms with Gasteiger partial charge in [0.15, 0.2) is 0 Å². The van der Waals surface area contributed by atoms with Crippen molar-refractivity contribution in [3.63, 3.8) is 0 Å². The third-order valence-corrected chi connectivity index (χ3v) is 4.23. The van der Waals surface area contributed by atoms with E-state index in [9.17, 15) is 19.2 Å². The molecule has 0 bridgehead atoms. The lowest BCUT2D eigenvalue weighted by molar-refractivity contribution is -0.138. The van der Waals surface area contributed by atoms with Crippen molar-refractivity contribution >= 4 is 23.9 Å². The number of hydrogen-bond donors (Lipinski definition) is 4. The summed E-state index contributed by atoms with van der Waals surface area (Å²) in [5.74, 6) is -2.41. The molecule has 0 atom stereocenters. The van der Waals surface area contributed by atoms with Gasteiger partial charge in [-0.15, -0.1) is 0 Å². The Hall–Kier alpha value is -2.90. The van der Waals surface area contributed by atoms with E-state index in [1.54, 1.807) is 0 Å². The summed E-state index contributed by atoms with van der Waals surface area (Å²) in [5, 5.41) is 33.7. The van der Waals surface area contributed by atoms with Crippen LogP contribution in [0, 0.1) is 11.8 Å². The molecule has 0 amide bonds. The van der Waals surface area contributed by atoms with Crippen molar-refractivity contribution in [1.82, 2.24) is 0 Å². The Morgan fingerprint density at radius 1 is 0.625 bits per heavy atom. The van der Waals surface area contributed by atoms with Crippen LogP contribution in [0.2, 0.25) is 0 Å². The number of rotatable bonds is 12. The normalized spacial score (nSPS) is 9.94. The van der Waals surface area contributed by atoms with E-state index in [4.69, 9.17) is 20.4 Å². The molecule has 1 aromatic carbocycles. The predicted molar refractivity (Wildman–Crippen MR) is 122 cm³/mol. The number of aliphatic carboxylic acids is 2. The number of aromatic carboxylic acids is 2. The molecule has 182 valence electrons. The molecular weight excluding hydrogens is 416 g/mol. The summed E-state index contributed by atoms with van der Waals surface area (Å²) in [6.07, 6.45) is 6.69. The van der Waals surface area contributed by atoms with E-state index in [1.807, 2.05) is 0 Å². The average Bonchev–Trinajstić information content (AvgIpc) is 2.69. The molecule has 0 saturated heterocycles. The van der Waals surface area contributed by atoms with Crippen molar-refractivity contribution in [2.24, 2.45) is 11.8 Å². The molecule has 0 spiro atoms. The molecule has 8 nitrogen and oxygen atoms in total. The van der Waals surface area contributed by atoms with E-state index < -0.39 is 23.9 Å². The molecular formula is C24H38O8. The van der Waals surface area contributed by atoms with Crippen LogP contribution in [0.15, 0.2) is 24.3 Å². The van der Waals surface area contributed by atoms with Crippen LogP contribution in [0.5, 0.6) is 0 Å². The summed E-state index contributed by atoms with van der Waals surface area (Å²) >= 11 is 0. The average molecular weight is 455 g/mol. The van der Waals surface area contributed by atoms with Crippen molar-refractivity contribution in [1.29, 1.82) is 0 Å². The van der Waals surface area contributed by atoms with Crippen LogP contribution in [0.1, 0.15) is 99.8 Å². The second-order valence-corrected chi connectivity index (χ2v) is 8.22. The number of hydrogen-bond acceptors (Lipinski definition) is 4. The Kier molecular flexibility index (Phi) is 18.4. The first-order valence-corrected chi connectivity index (χ1v) is 10.9.